The maximum absolute atomic E-state index is 6.19. The molecule has 0 amide bonds. The summed E-state index contributed by atoms with van der Waals surface area (Å²) in [5.74, 6) is 1.44. The van der Waals surface area contributed by atoms with Gasteiger partial charge in [-0.1, -0.05) is 0 Å². The standard InChI is InChI=1S/C16H28N4O3S/c1-15(2,3)20-10-12(23-16(20,4)5)11-22-14-13(17-24-18-14)19-6-8-21-9-7-19/h12H,6-11H2,1-5H3/t12-/m0/s1. The highest BCUT2D eigenvalue weighted by Crippen LogP contribution is 2.34. The second-order valence-corrected chi connectivity index (χ2v) is 8.30. The van der Waals surface area contributed by atoms with Gasteiger partial charge in [0.2, 0.25) is 5.82 Å². The Kier molecular flexibility index (Phi) is 5.01. The average molecular weight is 356 g/mol. The van der Waals surface area contributed by atoms with E-state index in [0.29, 0.717) is 12.5 Å². The third-order valence-electron chi connectivity index (χ3n) is 4.46. The second-order valence-electron chi connectivity index (χ2n) is 7.77. The summed E-state index contributed by atoms with van der Waals surface area (Å²) in [6, 6.07) is 0. The van der Waals surface area contributed by atoms with Gasteiger partial charge in [-0.3, -0.25) is 4.90 Å². The Morgan fingerprint density at radius 3 is 2.58 bits per heavy atom. The summed E-state index contributed by atoms with van der Waals surface area (Å²) in [6.07, 6.45) is 0.0264. The van der Waals surface area contributed by atoms with Crippen LogP contribution < -0.4 is 9.64 Å². The molecule has 1 atom stereocenters. The highest BCUT2D eigenvalue weighted by atomic mass is 32.1. The summed E-state index contributed by atoms with van der Waals surface area (Å²) in [4.78, 5) is 4.54. The average Bonchev–Trinajstić information content (AvgIpc) is 3.09. The highest BCUT2D eigenvalue weighted by Gasteiger charge is 2.44. The zero-order valence-electron chi connectivity index (χ0n) is 15.2. The van der Waals surface area contributed by atoms with Crippen molar-refractivity contribution in [1.29, 1.82) is 0 Å². The van der Waals surface area contributed by atoms with Crippen molar-refractivity contribution in [2.24, 2.45) is 0 Å². The van der Waals surface area contributed by atoms with Gasteiger partial charge in [-0.25, -0.2) is 0 Å². The van der Waals surface area contributed by atoms with Crippen molar-refractivity contribution in [2.45, 2.75) is 52.0 Å². The molecule has 0 N–H and O–H groups in total. The number of anilines is 1. The molecule has 0 saturated carbocycles. The molecular formula is C16H28N4O3S. The monoisotopic (exact) mass is 356 g/mol. The predicted molar refractivity (Wildman–Crippen MR) is 93.8 cm³/mol. The quantitative estimate of drug-likeness (QED) is 0.817. The zero-order valence-corrected chi connectivity index (χ0v) is 16.1. The minimum absolute atomic E-state index is 0.0264. The molecule has 2 saturated heterocycles. The fraction of sp³-hybridized carbons (Fsp3) is 0.875. The van der Waals surface area contributed by atoms with Crippen LogP contribution in [0.1, 0.15) is 34.6 Å². The third kappa shape index (κ3) is 3.82. The van der Waals surface area contributed by atoms with E-state index in [0.717, 1.165) is 38.7 Å². The summed E-state index contributed by atoms with van der Waals surface area (Å²) in [6.45, 7) is 15.3. The smallest absolute Gasteiger partial charge is 0.270 e. The number of nitrogens with zero attached hydrogens (tertiary/aromatic N) is 4. The van der Waals surface area contributed by atoms with Gasteiger partial charge in [-0.2, -0.15) is 4.37 Å². The predicted octanol–water partition coefficient (Wildman–Crippen LogP) is 1.99. The van der Waals surface area contributed by atoms with Crippen LogP contribution in [-0.2, 0) is 9.47 Å². The zero-order chi connectivity index (χ0) is 17.4. The SMILES string of the molecule is CC(C)(C)N1C[C@@H](COc2nsnc2N2CCOCC2)OC1(C)C. The fourth-order valence-electron chi connectivity index (χ4n) is 3.51. The molecule has 1 aromatic rings. The summed E-state index contributed by atoms with van der Waals surface area (Å²) < 4.78 is 26.3. The topological polar surface area (TPSA) is 60.0 Å². The molecule has 0 spiro atoms. The maximum Gasteiger partial charge on any atom is 0.270 e. The summed E-state index contributed by atoms with van der Waals surface area (Å²) in [5.41, 5.74) is -0.237. The molecule has 2 fully saturated rings. The molecule has 3 rings (SSSR count). The van der Waals surface area contributed by atoms with Crippen LogP contribution in [0.25, 0.3) is 0 Å². The van der Waals surface area contributed by atoms with E-state index in [2.05, 4.69) is 53.2 Å². The molecule has 136 valence electrons. The molecule has 8 heteroatoms. The van der Waals surface area contributed by atoms with E-state index in [9.17, 15) is 0 Å². The van der Waals surface area contributed by atoms with Crippen LogP contribution in [0.15, 0.2) is 0 Å². The Bertz CT molecular complexity index is 552. The van der Waals surface area contributed by atoms with Crippen molar-refractivity contribution in [2.75, 3.05) is 44.4 Å². The van der Waals surface area contributed by atoms with Crippen molar-refractivity contribution in [3.05, 3.63) is 0 Å². The molecule has 0 aliphatic carbocycles. The van der Waals surface area contributed by atoms with E-state index >= 15 is 0 Å². The van der Waals surface area contributed by atoms with Crippen LogP contribution >= 0.6 is 11.7 Å². The van der Waals surface area contributed by atoms with Gasteiger partial charge < -0.3 is 19.1 Å². The van der Waals surface area contributed by atoms with E-state index in [1.165, 1.54) is 11.7 Å². The van der Waals surface area contributed by atoms with Crippen LogP contribution in [0, 0.1) is 0 Å². The minimum Gasteiger partial charge on any atom is -0.472 e. The number of rotatable bonds is 4. The van der Waals surface area contributed by atoms with Gasteiger partial charge in [0.05, 0.1) is 24.9 Å². The Hall–Kier alpha value is -0.960. The van der Waals surface area contributed by atoms with Crippen molar-refractivity contribution < 1.29 is 14.2 Å². The molecule has 2 aliphatic heterocycles. The van der Waals surface area contributed by atoms with Crippen LogP contribution in [0.3, 0.4) is 0 Å². The number of morpholine rings is 1. The molecule has 7 nitrogen and oxygen atoms in total. The van der Waals surface area contributed by atoms with Crippen molar-refractivity contribution in [3.63, 3.8) is 0 Å². The molecule has 2 aliphatic rings. The largest absolute Gasteiger partial charge is 0.472 e. The van der Waals surface area contributed by atoms with Gasteiger partial charge in [-0.15, -0.1) is 4.37 Å². The number of aromatic nitrogens is 2. The number of hydrogen-bond acceptors (Lipinski definition) is 8. The first-order valence-corrected chi connectivity index (χ1v) is 9.24. The normalized spacial score (nSPS) is 25.2. The van der Waals surface area contributed by atoms with Gasteiger partial charge in [0.15, 0.2) is 0 Å². The molecule has 24 heavy (non-hydrogen) atoms. The first-order chi connectivity index (χ1) is 11.3. The van der Waals surface area contributed by atoms with Gasteiger partial charge in [0, 0.05) is 25.2 Å². The number of ether oxygens (including phenoxy) is 3. The van der Waals surface area contributed by atoms with Gasteiger partial charge in [-0.05, 0) is 34.6 Å². The molecule has 0 unspecified atom stereocenters. The Balaban J connectivity index is 1.60. The van der Waals surface area contributed by atoms with Crippen LogP contribution in [-0.4, -0.2) is 70.5 Å². The lowest BCUT2D eigenvalue weighted by Crippen LogP contribution is -2.50. The summed E-state index contributed by atoms with van der Waals surface area (Å²) in [5, 5.41) is 0. The van der Waals surface area contributed by atoms with E-state index in [1.54, 1.807) is 0 Å². The van der Waals surface area contributed by atoms with E-state index in [1.807, 2.05) is 0 Å². The first kappa shape index (κ1) is 17.8. The van der Waals surface area contributed by atoms with Crippen LogP contribution in [0.5, 0.6) is 5.88 Å². The number of hydrogen-bond donors (Lipinski definition) is 0. The van der Waals surface area contributed by atoms with Gasteiger partial charge in [0.1, 0.15) is 18.4 Å². The maximum atomic E-state index is 6.19. The second kappa shape index (κ2) is 6.74. The first-order valence-electron chi connectivity index (χ1n) is 8.51. The molecule has 0 aromatic carbocycles. The Labute approximate surface area is 148 Å². The minimum atomic E-state index is -0.292. The van der Waals surface area contributed by atoms with Crippen LogP contribution in [0.4, 0.5) is 5.82 Å². The third-order valence-corrected chi connectivity index (χ3v) is 4.96. The molecule has 1 aromatic heterocycles. The lowest BCUT2D eigenvalue weighted by atomic mass is 10.0. The highest BCUT2D eigenvalue weighted by molar-refractivity contribution is 6.99. The lowest BCUT2D eigenvalue weighted by Gasteiger charge is -2.40. The fourth-order valence-corrected chi connectivity index (χ4v) is 4.03. The van der Waals surface area contributed by atoms with Crippen molar-refractivity contribution in [3.8, 4) is 5.88 Å². The molecular weight excluding hydrogens is 328 g/mol. The van der Waals surface area contributed by atoms with E-state index in [-0.39, 0.29) is 17.4 Å². The van der Waals surface area contributed by atoms with Crippen molar-refractivity contribution in [1.82, 2.24) is 13.6 Å². The Morgan fingerprint density at radius 2 is 1.96 bits per heavy atom. The van der Waals surface area contributed by atoms with Gasteiger partial charge >= 0.3 is 0 Å². The van der Waals surface area contributed by atoms with Crippen molar-refractivity contribution >= 4 is 17.5 Å². The molecule has 3 heterocycles. The molecule has 0 bridgehead atoms. The van der Waals surface area contributed by atoms with E-state index < -0.39 is 0 Å². The molecule has 0 radical (unpaired) electrons. The van der Waals surface area contributed by atoms with E-state index in [4.69, 9.17) is 14.2 Å². The lowest BCUT2D eigenvalue weighted by molar-refractivity contribution is -0.107. The summed E-state index contributed by atoms with van der Waals surface area (Å²) >= 11 is 1.19. The van der Waals surface area contributed by atoms with Gasteiger partial charge in [0.25, 0.3) is 5.88 Å². The summed E-state index contributed by atoms with van der Waals surface area (Å²) in [7, 11) is 0. The van der Waals surface area contributed by atoms with Crippen LogP contribution in [0.2, 0.25) is 0 Å². The Morgan fingerprint density at radius 1 is 1.25 bits per heavy atom.